The SMILES string of the molecule is CC(NC(=O)COC(=O)c1ccccc1Sc1ccccc1C#N)c1cccs1. The number of nitrogens with one attached hydrogen (secondary N) is 1. The highest BCUT2D eigenvalue weighted by molar-refractivity contribution is 7.99. The Kier molecular flexibility index (Phi) is 7.06. The van der Waals surface area contributed by atoms with E-state index >= 15 is 0 Å². The minimum Gasteiger partial charge on any atom is -0.452 e. The predicted molar refractivity (Wildman–Crippen MR) is 113 cm³/mol. The van der Waals surface area contributed by atoms with Crippen molar-refractivity contribution < 1.29 is 14.3 Å². The van der Waals surface area contributed by atoms with Gasteiger partial charge in [-0.2, -0.15) is 5.26 Å². The maximum Gasteiger partial charge on any atom is 0.339 e. The number of rotatable bonds is 7. The summed E-state index contributed by atoms with van der Waals surface area (Å²) in [7, 11) is 0. The highest BCUT2D eigenvalue weighted by atomic mass is 32.2. The number of benzene rings is 2. The second kappa shape index (κ2) is 9.92. The maximum absolute atomic E-state index is 12.6. The standard InChI is InChI=1S/C22H18N2O3S2/c1-15(18-11-6-12-28-18)24-21(25)14-27-22(26)17-8-3-5-10-20(17)29-19-9-4-2-7-16(19)13-23/h2-12,15H,14H2,1H3,(H,24,25). The Morgan fingerprint density at radius 3 is 2.55 bits per heavy atom. The zero-order valence-corrected chi connectivity index (χ0v) is 17.3. The van der Waals surface area contributed by atoms with Gasteiger partial charge in [0.2, 0.25) is 0 Å². The Morgan fingerprint density at radius 1 is 1.10 bits per heavy atom. The zero-order chi connectivity index (χ0) is 20.6. The zero-order valence-electron chi connectivity index (χ0n) is 15.6. The van der Waals surface area contributed by atoms with Gasteiger partial charge < -0.3 is 10.1 Å². The highest BCUT2D eigenvalue weighted by Gasteiger charge is 2.17. The largest absolute Gasteiger partial charge is 0.452 e. The lowest BCUT2D eigenvalue weighted by Crippen LogP contribution is -2.30. The number of carbonyl (C=O) groups excluding carboxylic acids is 2. The van der Waals surface area contributed by atoms with Crippen LogP contribution >= 0.6 is 23.1 Å². The minimum absolute atomic E-state index is 0.147. The molecule has 0 bridgehead atoms. The molecule has 3 aromatic rings. The van der Waals surface area contributed by atoms with Crippen LogP contribution in [0.5, 0.6) is 0 Å². The van der Waals surface area contributed by atoms with E-state index in [9.17, 15) is 14.9 Å². The van der Waals surface area contributed by atoms with Crippen molar-refractivity contribution in [1.29, 1.82) is 5.26 Å². The van der Waals surface area contributed by atoms with Gasteiger partial charge in [-0.25, -0.2) is 4.79 Å². The van der Waals surface area contributed by atoms with Crippen LogP contribution in [0.3, 0.4) is 0 Å². The van der Waals surface area contributed by atoms with Gasteiger partial charge in [-0.3, -0.25) is 4.79 Å². The van der Waals surface area contributed by atoms with E-state index in [4.69, 9.17) is 4.74 Å². The topological polar surface area (TPSA) is 79.2 Å². The number of amides is 1. The highest BCUT2D eigenvalue weighted by Crippen LogP contribution is 2.32. The van der Waals surface area contributed by atoms with Crippen molar-refractivity contribution in [2.75, 3.05) is 6.61 Å². The first-order chi connectivity index (χ1) is 14.1. The molecule has 0 radical (unpaired) electrons. The smallest absolute Gasteiger partial charge is 0.339 e. The summed E-state index contributed by atoms with van der Waals surface area (Å²) >= 11 is 2.87. The van der Waals surface area contributed by atoms with E-state index < -0.39 is 5.97 Å². The molecule has 0 fully saturated rings. The molecule has 3 rings (SSSR count). The van der Waals surface area contributed by atoms with E-state index in [0.717, 1.165) is 9.77 Å². The van der Waals surface area contributed by atoms with Crippen molar-refractivity contribution in [1.82, 2.24) is 5.32 Å². The average molecular weight is 423 g/mol. The van der Waals surface area contributed by atoms with E-state index in [2.05, 4.69) is 11.4 Å². The molecule has 1 unspecified atom stereocenters. The fourth-order valence-corrected chi connectivity index (χ4v) is 4.34. The van der Waals surface area contributed by atoms with Gasteiger partial charge in [0.15, 0.2) is 6.61 Å². The Morgan fingerprint density at radius 2 is 1.83 bits per heavy atom. The lowest BCUT2D eigenvalue weighted by Gasteiger charge is -2.13. The molecular weight excluding hydrogens is 404 g/mol. The summed E-state index contributed by atoms with van der Waals surface area (Å²) < 4.78 is 5.22. The first kappa shape index (κ1) is 20.6. The lowest BCUT2D eigenvalue weighted by molar-refractivity contribution is -0.124. The quantitative estimate of drug-likeness (QED) is 0.553. The number of ether oxygens (including phenoxy) is 1. The van der Waals surface area contributed by atoms with Crippen LogP contribution in [0.2, 0.25) is 0 Å². The van der Waals surface area contributed by atoms with Crippen molar-refractivity contribution >= 4 is 35.0 Å². The summed E-state index contributed by atoms with van der Waals surface area (Å²) in [6, 6.07) is 20.0. The third-order valence-corrected chi connectivity index (χ3v) is 6.22. The van der Waals surface area contributed by atoms with E-state index in [0.29, 0.717) is 16.0 Å². The van der Waals surface area contributed by atoms with Crippen LogP contribution in [0.25, 0.3) is 0 Å². The number of hydrogen-bond donors (Lipinski definition) is 1. The van der Waals surface area contributed by atoms with Crippen LogP contribution in [-0.2, 0) is 9.53 Å². The van der Waals surface area contributed by atoms with Gasteiger partial charge in [0.25, 0.3) is 5.91 Å². The summed E-state index contributed by atoms with van der Waals surface area (Å²) in [6.45, 7) is 1.52. The molecule has 1 N–H and O–H groups in total. The normalized spacial score (nSPS) is 11.3. The van der Waals surface area contributed by atoms with Crippen molar-refractivity contribution in [3.05, 3.63) is 82.0 Å². The van der Waals surface area contributed by atoms with Gasteiger partial charge in [0.1, 0.15) is 6.07 Å². The summed E-state index contributed by atoms with van der Waals surface area (Å²) in [5.74, 6) is -0.944. The summed E-state index contributed by atoms with van der Waals surface area (Å²) in [4.78, 5) is 27.1. The third-order valence-electron chi connectivity index (χ3n) is 4.02. The number of thiophene rings is 1. The summed E-state index contributed by atoms with van der Waals surface area (Å²) in [5.41, 5.74) is 0.881. The van der Waals surface area contributed by atoms with Gasteiger partial charge in [-0.05, 0) is 42.6 Å². The molecule has 5 nitrogen and oxygen atoms in total. The number of hydrogen-bond acceptors (Lipinski definition) is 6. The molecule has 0 aliphatic heterocycles. The fourth-order valence-electron chi connectivity index (χ4n) is 2.59. The maximum atomic E-state index is 12.6. The van der Waals surface area contributed by atoms with E-state index in [1.165, 1.54) is 11.8 Å². The van der Waals surface area contributed by atoms with Crippen molar-refractivity contribution in [2.45, 2.75) is 22.8 Å². The van der Waals surface area contributed by atoms with E-state index in [-0.39, 0.29) is 18.6 Å². The van der Waals surface area contributed by atoms with Gasteiger partial charge in [0.05, 0.1) is 17.2 Å². The van der Waals surface area contributed by atoms with Crippen LogP contribution < -0.4 is 5.32 Å². The van der Waals surface area contributed by atoms with Crippen LogP contribution in [0.15, 0.2) is 75.8 Å². The van der Waals surface area contributed by atoms with Crippen LogP contribution in [-0.4, -0.2) is 18.5 Å². The summed E-state index contributed by atoms with van der Waals surface area (Å²) in [6.07, 6.45) is 0. The molecule has 1 amide bonds. The Labute approximate surface area is 177 Å². The first-order valence-electron chi connectivity index (χ1n) is 8.84. The first-order valence-corrected chi connectivity index (χ1v) is 10.5. The van der Waals surface area contributed by atoms with Gasteiger partial charge >= 0.3 is 5.97 Å². The second-order valence-electron chi connectivity index (χ2n) is 6.09. The predicted octanol–water partition coefficient (Wildman–Crippen LogP) is 4.81. The molecule has 29 heavy (non-hydrogen) atoms. The summed E-state index contributed by atoms with van der Waals surface area (Å²) in [5, 5.41) is 14.0. The lowest BCUT2D eigenvalue weighted by atomic mass is 10.2. The second-order valence-corrected chi connectivity index (χ2v) is 8.15. The molecule has 1 aromatic heterocycles. The number of nitrogens with zero attached hydrogens (tertiary/aromatic N) is 1. The Hall–Kier alpha value is -3.08. The molecular formula is C22H18N2O3S2. The Bertz CT molecular complexity index is 1040. The third kappa shape index (κ3) is 5.47. The number of esters is 1. The average Bonchev–Trinajstić information content (AvgIpc) is 3.28. The van der Waals surface area contributed by atoms with Gasteiger partial charge in [-0.15, -0.1) is 11.3 Å². The molecule has 0 saturated heterocycles. The fraction of sp³-hybridized carbons (Fsp3) is 0.136. The number of nitriles is 1. The van der Waals surface area contributed by atoms with Crippen LogP contribution in [0, 0.1) is 11.3 Å². The molecule has 1 atom stereocenters. The van der Waals surface area contributed by atoms with Crippen molar-refractivity contribution in [3.63, 3.8) is 0 Å². The van der Waals surface area contributed by atoms with Crippen LogP contribution in [0.1, 0.15) is 33.8 Å². The Balaban J connectivity index is 1.64. The van der Waals surface area contributed by atoms with E-state index in [1.807, 2.05) is 42.6 Å². The molecule has 0 aliphatic rings. The molecule has 7 heteroatoms. The molecule has 0 spiro atoms. The molecule has 0 aliphatic carbocycles. The minimum atomic E-state index is -0.582. The monoisotopic (exact) mass is 422 g/mol. The number of carbonyl (C=O) groups is 2. The van der Waals surface area contributed by atoms with Gasteiger partial charge in [0, 0.05) is 14.7 Å². The molecule has 2 aromatic carbocycles. The molecule has 1 heterocycles. The van der Waals surface area contributed by atoms with Gasteiger partial charge in [-0.1, -0.05) is 42.1 Å². The van der Waals surface area contributed by atoms with E-state index in [1.54, 1.807) is 41.7 Å². The molecule has 146 valence electrons. The molecule has 0 saturated carbocycles. The van der Waals surface area contributed by atoms with Crippen molar-refractivity contribution in [3.8, 4) is 6.07 Å². The van der Waals surface area contributed by atoms with Crippen molar-refractivity contribution in [2.24, 2.45) is 0 Å². The van der Waals surface area contributed by atoms with Crippen LogP contribution in [0.4, 0.5) is 0 Å².